The smallest absolute Gasteiger partial charge is 0.0220 e. The third kappa shape index (κ3) is 4.22. The van der Waals surface area contributed by atoms with E-state index in [2.05, 4.69) is 36.0 Å². The zero-order valence-electron chi connectivity index (χ0n) is 12.5. The predicted molar refractivity (Wildman–Crippen MR) is 78.0 cm³/mol. The monoisotopic (exact) mass is 253 g/mol. The highest BCUT2D eigenvalue weighted by atomic mass is 15.2. The van der Waals surface area contributed by atoms with Gasteiger partial charge in [0.25, 0.3) is 0 Å². The zero-order chi connectivity index (χ0) is 13.0. The van der Waals surface area contributed by atoms with Crippen molar-refractivity contribution < 1.29 is 0 Å². The lowest BCUT2D eigenvalue weighted by Crippen LogP contribution is -2.52. The van der Waals surface area contributed by atoms with E-state index in [-0.39, 0.29) is 0 Å². The van der Waals surface area contributed by atoms with Gasteiger partial charge in [0.15, 0.2) is 0 Å². The first kappa shape index (κ1) is 14.3. The maximum Gasteiger partial charge on any atom is 0.0220 e. The maximum absolute atomic E-state index is 3.70. The summed E-state index contributed by atoms with van der Waals surface area (Å²) in [7, 11) is 2.30. The largest absolute Gasteiger partial charge is 0.311 e. The number of hydrogen-bond donors (Lipinski definition) is 1. The van der Waals surface area contributed by atoms with Gasteiger partial charge in [-0.15, -0.1) is 0 Å². The van der Waals surface area contributed by atoms with Gasteiger partial charge in [0.05, 0.1) is 0 Å². The van der Waals surface area contributed by atoms with Crippen molar-refractivity contribution in [3.05, 3.63) is 0 Å². The fourth-order valence-corrected chi connectivity index (χ4v) is 3.50. The van der Waals surface area contributed by atoms with Crippen LogP contribution < -0.4 is 5.32 Å². The van der Waals surface area contributed by atoms with Crippen molar-refractivity contribution in [2.45, 2.75) is 64.1 Å². The Kier molecular flexibility index (Phi) is 5.46. The second-order valence-electron chi connectivity index (χ2n) is 6.55. The SMILES string of the molecule is CC(C)NC1CCCN(CC2CCCCN2C)C1. The molecule has 0 bridgehead atoms. The summed E-state index contributed by atoms with van der Waals surface area (Å²) in [6.07, 6.45) is 6.94. The average molecular weight is 253 g/mol. The summed E-state index contributed by atoms with van der Waals surface area (Å²) < 4.78 is 0. The van der Waals surface area contributed by atoms with E-state index >= 15 is 0 Å². The molecule has 2 fully saturated rings. The quantitative estimate of drug-likeness (QED) is 0.826. The van der Waals surface area contributed by atoms with Crippen molar-refractivity contribution in [3.63, 3.8) is 0 Å². The van der Waals surface area contributed by atoms with Crippen LogP contribution in [-0.2, 0) is 0 Å². The molecule has 0 aliphatic carbocycles. The molecule has 2 heterocycles. The van der Waals surface area contributed by atoms with Crippen LogP contribution in [0.1, 0.15) is 46.0 Å². The minimum atomic E-state index is 0.618. The molecule has 0 amide bonds. The molecular weight excluding hydrogens is 222 g/mol. The Balaban J connectivity index is 1.77. The van der Waals surface area contributed by atoms with Crippen LogP contribution in [0, 0.1) is 0 Å². The third-order valence-electron chi connectivity index (χ3n) is 4.47. The summed E-state index contributed by atoms with van der Waals surface area (Å²) in [6.45, 7) is 9.66. The van der Waals surface area contributed by atoms with Crippen LogP contribution in [0.5, 0.6) is 0 Å². The van der Waals surface area contributed by atoms with E-state index in [1.807, 2.05) is 0 Å². The second kappa shape index (κ2) is 6.88. The maximum atomic E-state index is 3.70. The van der Waals surface area contributed by atoms with Gasteiger partial charge in [0, 0.05) is 31.2 Å². The zero-order valence-corrected chi connectivity index (χ0v) is 12.5. The molecule has 2 atom stereocenters. The minimum Gasteiger partial charge on any atom is -0.311 e. The van der Waals surface area contributed by atoms with Crippen molar-refractivity contribution in [2.24, 2.45) is 0 Å². The molecule has 3 nitrogen and oxygen atoms in total. The lowest BCUT2D eigenvalue weighted by atomic mass is 10.00. The van der Waals surface area contributed by atoms with Crippen LogP contribution >= 0.6 is 0 Å². The third-order valence-corrected chi connectivity index (χ3v) is 4.47. The Hall–Kier alpha value is -0.120. The molecular formula is C15H31N3. The van der Waals surface area contributed by atoms with E-state index in [0.717, 1.165) is 6.04 Å². The van der Waals surface area contributed by atoms with Gasteiger partial charge in [0.1, 0.15) is 0 Å². The van der Waals surface area contributed by atoms with Crippen molar-refractivity contribution in [2.75, 3.05) is 33.2 Å². The molecule has 2 saturated heterocycles. The molecule has 0 saturated carbocycles. The molecule has 2 rings (SSSR count). The number of nitrogens with one attached hydrogen (secondary N) is 1. The van der Waals surface area contributed by atoms with E-state index < -0.39 is 0 Å². The van der Waals surface area contributed by atoms with Crippen LogP contribution in [0.4, 0.5) is 0 Å². The molecule has 18 heavy (non-hydrogen) atoms. The fourth-order valence-electron chi connectivity index (χ4n) is 3.50. The van der Waals surface area contributed by atoms with Crippen molar-refractivity contribution in [1.82, 2.24) is 15.1 Å². The Labute approximate surface area is 113 Å². The van der Waals surface area contributed by atoms with E-state index in [9.17, 15) is 0 Å². The Morgan fingerprint density at radius 3 is 2.67 bits per heavy atom. The Bertz CT molecular complexity index is 242. The minimum absolute atomic E-state index is 0.618. The highest BCUT2D eigenvalue weighted by Gasteiger charge is 2.25. The summed E-state index contributed by atoms with van der Waals surface area (Å²) in [4.78, 5) is 5.26. The van der Waals surface area contributed by atoms with Crippen LogP contribution in [0.15, 0.2) is 0 Å². The number of hydrogen-bond acceptors (Lipinski definition) is 3. The number of nitrogens with zero attached hydrogens (tertiary/aromatic N) is 2. The van der Waals surface area contributed by atoms with Gasteiger partial charge in [-0.25, -0.2) is 0 Å². The number of rotatable bonds is 4. The van der Waals surface area contributed by atoms with E-state index in [1.54, 1.807) is 0 Å². The normalized spacial score (nSPS) is 32.0. The first-order valence-electron chi connectivity index (χ1n) is 7.84. The number of piperidine rings is 2. The standard InChI is InChI=1S/C15H31N3/c1-13(2)16-14-7-6-10-18(11-14)12-15-8-4-5-9-17(15)3/h13-16H,4-12H2,1-3H3. The van der Waals surface area contributed by atoms with Crippen LogP contribution in [0.25, 0.3) is 0 Å². The van der Waals surface area contributed by atoms with Crippen LogP contribution in [0.2, 0.25) is 0 Å². The van der Waals surface area contributed by atoms with Gasteiger partial charge in [-0.05, 0) is 45.8 Å². The molecule has 0 aromatic heterocycles. The molecule has 2 aliphatic heterocycles. The molecule has 2 aliphatic rings. The van der Waals surface area contributed by atoms with Crippen LogP contribution in [0.3, 0.4) is 0 Å². The molecule has 1 N–H and O–H groups in total. The van der Waals surface area contributed by atoms with E-state index in [0.29, 0.717) is 12.1 Å². The lowest BCUT2D eigenvalue weighted by Gasteiger charge is -2.40. The first-order valence-corrected chi connectivity index (χ1v) is 7.84. The van der Waals surface area contributed by atoms with Gasteiger partial charge in [-0.3, -0.25) is 0 Å². The van der Waals surface area contributed by atoms with Gasteiger partial charge < -0.3 is 15.1 Å². The van der Waals surface area contributed by atoms with Gasteiger partial charge in [0.2, 0.25) is 0 Å². The molecule has 106 valence electrons. The van der Waals surface area contributed by atoms with Crippen molar-refractivity contribution >= 4 is 0 Å². The van der Waals surface area contributed by atoms with Crippen LogP contribution in [-0.4, -0.2) is 61.2 Å². The Morgan fingerprint density at radius 1 is 1.11 bits per heavy atom. The summed E-state index contributed by atoms with van der Waals surface area (Å²) in [6, 6.07) is 2.14. The molecule has 0 aromatic carbocycles. The highest BCUT2D eigenvalue weighted by molar-refractivity contribution is 4.84. The molecule has 0 aromatic rings. The average Bonchev–Trinajstić information content (AvgIpc) is 2.32. The first-order chi connectivity index (χ1) is 8.65. The second-order valence-corrected chi connectivity index (χ2v) is 6.55. The number of likely N-dealkylation sites (tertiary alicyclic amines) is 2. The van der Waals surface area contributed by atoms with Gasteiger partial charge in [-0.1, -0.05) is 20.3 Å². The summed E-state index contributed by atoms with van der Waals surface area (Å²) in [5.74, 6) is 0. The highest BCUT2D eigenvalue weighted by Crippen LogP contribution is 2.18. The summed E-state index contributed by atoms with van der Waals surface area (Å²) >= 11 is 0. The number of likely N-dealkylation sites (N-methyl/N-ethyl adjacent to an activating group) is 1. The molecule has 0 spiro atoms. The van der Waals surface area contributed by atoms with Gasteiger partial charge in [-0.2, -0.15) is 0 Å². The van der Waals surface area contributed by atoms with E-state index in [1.165, 1.54) is 58.3 Å². The van der Waals surface area contributed by atoms with Crippen molar-refractivity contribution in [3.8, 4) is 0 Å². The molecule has 3 heteroatoms. The molecule has 2 unspecified atom stereocenters. The summed E-state index contributed by atoms with van der Waals surface area (Å²) in [5, 5.41) is 3.70. The Morgan fingerprint density at radius 2 is 1.94 bits per heavy atom. The molecule has 0 radical (unpaired) electrons. The predicted octanol–water partition coefficient (Wildman–Crippen LogP) is 1.93. The van der Waals surface area contributed by atoms with Crippen molar-refractivity contribution in [1.29, 1.82) is 0 Å². The van der Waals surface area contributed by atoms with Gasteiger partial charge >= 0.3 is 0 Å². The topological polar surface area (TPSA) is 18.5 Å². The fraction of sp³-hybridized carbons (Fsp3) is 1.00. The van der Waals surface area contributed by atoms with E-state index in [4.69, 9.17) is 0 Å². The lowest BCUT2D eigenvalue weighted by molar-refractivity contribution is 0.104. The summed E-state index contributed by atoms with van der Waals surface area (Å²) in [5.41, 5.74) is 0.